The molecule has 0 spiro atoms. The average Bonchev–Trinajstić information content (AvgIpc) is 2.68. The van der Waals surface area contributed by atoms with Crippen molar-refractivity contribution in [3.63, 3.8) is 0 Å². The summed E-state index contributed by atoms with van der Waals surface area (Å²) in [5.74, 6) is -0.981. The van der Waals surface area contributed by atoms with E-state index >= 15 is 0 Å². The van der Waals surface area contributed by atoms with E-state index in [0.29, 0.717) is 11.0 Å². The van der Waals surface area contributed by atoms with Gasteiger partial charge in [0, 0.05) is 29.8 Å². The van der Waals surface area contributed by atoms with Gasteiger partial charge >= 0.3 is 0 Å². The van der Waals surface area contributed by atoms with Gasteiger partial charge in [-0.2, -0.15) is 5.10 Å². The third-order valence-corrected chi connectivity index (χ3v) is 3.22. The first kappa shape index (κ1) is 13.7. The van der Waals surface area contributed by atoms with Gasteiger partial charge in [0.15, 0.2) is 0 Å². The van der Waals surface area contributed by atoms with E-state index in [9.17, 15) is 9.18 Å². The third kappa shape index (κ3) is 3.20. The van der Waals surface area contributed by atoms with Gasteiger partial charge < -0.3 is 5.32 Å². The lowest BCUT2D eigenvalue weighted by Gasteiger charge is -2.06. The Morgan fingerprint density at radius 3 is 2.89 bits per heavy atom. The number of nitrogens with one attached hydrogen (secondary N) is 1. The first-order valence-electron chi connectivity index (χ1n) is 5.69. The molecule has 1 aromatic heterocycles. The summed E-state index contributed by atoms with van der Waals surface area (Å²) in [5, 5.41) is 6.86. The molecule has 19 heavy (non-hydrogen) atoms. The zero-order chi connectivity index (χ0) is 14.0. The fourth-order valence-electron chi connectivity index (χ4n) is 1.76. The number of benzene rings is 1. The maximum absolute atomic E-state index is 13.5. The fraction of sp³-hybridized carbons (Fsp3) is 0.231. The molecule has 0 saturated heterocycles. The topological polar surface area (TPSA) is 46.9 Å². The molecule has 6 heteroatoms. The van der Waals surface area contributed by atoms with Crippen LogP contribution >= 0.6 is 15.9 Å². The van der Waals surface area contributed by atoms with Crippen LogP contribution in [0.1, 0.15) is 21.6 Å². The predicted molar refractivity (Wildman–Crippen MR) is 73.2 cm³/mol. The molecule has 1 heterocycles. The average molecular weight is 326 g/mol. The number of carbonyl (C=O) groups is 1. The Morgan fingerprint density at radius 1 is 1.53 bits per heavy atom. The van der Waals surface area contributed by atoms with Gasteiger partial charge in [-0.1, -0.05) is 15.9 Å². The Kier molecular flexibility index (Phi) is 3.99. The van der Waals surface area contributed by atoms with Crippen LogP contribution in [0.5, 0.6) is 0 Å². The number of hydrogen-bond acceptors (Lipinski definition) is 2. The van der Waals surface area contributed by atoms with Gasteiger partial charge in [0.25, 0.3) is 5.91 Å². The quantitative estimate of drug-likeness (QED) is 0.942. The van der Waals surface area contributed by atoms with Crippen molar-refractivity contribution in [2.24, 2.45) is 7.05 Å². The van der Waals surface area contributed by atoms with Crippen LogP contribution in [0.25, 0.3) is 0 Å². The van der Waals surface area contributed by atoms with E-state index in [0.717, 1.165) is 11.3 Å². The van der Waals surface area contributed by atoms with E-state index < -0.39 is 11.7 Å². The molecule has 0 aliphatic heterocycles. The first-order chi connectivity index (χ1) is 8.97. The normalized spacial score (nSPS) is 10.5. The largest absolute Gasteiger partial charge is 0.348 e. The molecule has 0 unspecified atom stereocenters. The van der Waals surface area contributed by atoms with E-state index in [4.69, 9.17) is 0 Å². The standard InChI is InChI=1S/C13H13BrFN3O/c1-8-9(7-18(2)17-8)6-16-13(19)11-5-10(14)3-4-12(11)15/h3-5,7H,6H2,1-2H3,(H,16,19). The Hall–Kier alpha value is -1.69. The molecular formula is C13H13BrFN3O. The number of nitrogens with zero attached hydrogens (tertiary/aromatic N) is 2. The third-order valence-electron chi connectivity index (χ3n) is 2.73. The molecule has 1 N–H and O–H groups in total. The Bertz CT molecular complexity index is 624. The number of amides is 1. The smallest absolute Gasteiger partial charge is 0.254 e. The minimum atomic E-state index is -0.538. The second-order valence-electron chi connectivity index (χ2n) is 4.22. The van der Waals surface area contributed by atoms with Crippen LogP contribution in [0.4, 0.5) is 4.39 Å². The molecule has 0 radical (unpaired) electrons. The van der Waals surface area contributed by atoms with Crippen molar-refractivity contribution < 1.29 is 9.18 Å². The van der Waals surface area contributed by atoms with E-state index in [1.54, 1.807) is 10.7 Å². The van der Waals surface area contributed by atoms with Crippen LogP contribution in [-0.4, -0.2) is 15.7 Å². The molecule has 2 aromatic rings. The van der Waals surface area contributed by atoms with Crippen molar-refractivity contribution >= 4 is 21.8 Å². The van der Waals surface area contributed by atoms with Crippen LogP contribution in [0.15, 0.2) is 28.9 Å². The highest BCUT2D eigenvalue weighted by molar-refractivity contribution is 9.10. The van der Waals surface area contributed by atoms with Crippen LogP contribution in [-0.2, 0) is 13.6 Å². The lowest BCUT2D eigenvalue weighted by atomic mass is 10.2. The fourth-order valence-corrected chi connectivity index (χ4v) is 2.13. The molecule has 100 valence electrons. The summed E-state index contributed by atoms with van der Waals surface area (Å²) in [4.78, 5) is 11.9. The van der Waals surface area contributed by atoms with Crippen molar-refractivity contribution in [3.8, 4) is 0 Å². The number of rotatable bonds is 3. The zero-order valence-electron chi connectivity index (χ0n) is 10.6. The van der Waals surface area contributed by atoms with Crippen molar-refractivity contribution in [3.05, 3.63) is 51.5 Å². The van der Waals surface area contributed by atoms with Gasteiger partial charge in [-0.05, 0) is 25.1 Å². The molecule has 0 saturated carbocycles. The number of halogens is 2. The maximum atomic E-state index is 13.5. The van der Waals surface area contributed by atoms with E-state index in [1.807, 2.05) is 20.2 Å². The van der Waals surface area contributed by atoms with Gasteiger partial charge in [0.2, 0.25) is 0 Å². The van der Waals surface area contributed by atoms with Crippen LogP contribution in [0, 0.1) is 12.7 Å². The van der Waals surface area contributed by atoms with Crippen LogP contribution in [0.3, 0.4) is 0 Å². The molecule has 2 rings (SSSR count). The van der Waals surface area contributed by atoms with Gasteiger partial charge in [0.1, 0.15) is 5.82 Å². The van der Waals surface area contributed by atoms with Gasteiger partial charge in [-0.3, -0.25) is 9.48 Å². The maximum Gasteiger partial charge on any atom is 0.254 e. The van der Waals surface area contributed by atoms with Crippen molar-refractivity contribution in [2.45, 2.75) is 13.5 Å². The van der Waals surface area contributed by atoms with Crippen molar-refractivity contribution in [1.29, 1.82) is 0 Å². The van der Waals surface area contributed by atoms with E-state index in [2.05, 4.69) is 26.3 Å². The van der Waals surface area contributed by atoms with Gasteiger partial charge in [0.05, 0.1) is 11.3 Å². The summed E-state index contributed by atoms with van der Waals surface area (Å²) in [5.41, 5.74) is 1.78. The van der Waals surface area contributed by atoms with Gasteiger partial charge in [-0.15, -0.1) is 0 Å². The van der Waals surface area contributed by atoms with E-state index in [1.165, 1.54) is 12.1 Å². The Balaban J connectivity index is 2.09. The minimum Gasteiger partial charge on any atom is -0.348 e. The summed E-state index contributed by atoms with van der Waals surface area (Å²) >= 11 is 3.22. The Morgan fingerprint density at radius 2 is 2.26 bits per heavy atom. The summed E-state index contributed by atoms with van der Waals surface area (Å²) < 4.78 is 15.9. The zero-order valence-corrected chi connectivity index (χ0v) is 12.2. The van der Waals surface area contributed by atoms with E-state index in [-0.39, 0.29) is 5.56 Å². The van der Waals surface area contributed by atoms with Crippen LogP contribution in [0.2, 0.25) is 0 Å². The molecule has 0 atom stereocenters. The molecule has 0 aliphatic carbocycles. The number of carbonyl (C=O) groups excluding carboxylic acids is 1. The minimum absolute atomic E-state index is 0.0240. The molecule has 1 amide bonds. The predicted octanol–water partition coefficient (Wildman–Crippen LogP) is 2.56. The van der Waals surface area contributed by atoms with Crippen molar-refractivity contribution in [2.75, 3.05) is 0 Å². The number of aromatic nitrogens is 2. The summed E-state index contributed by atoms with van der Waals surface area (Å²) in [6.45, 7) is 2.19. The monoisotopic (exact) mass is 325 g/mol. The Labute approximate surface area is 118 Å². The summed E-state index contributed by atoms with van der Waals surface area (Å²) in [6, 6.07) is 4.27. The lowest BCUT2D eigenvalue weighted by molar-refractivity contribution is 0.0947. The molecule has 0 bridgehead atoms. The highest BCUT2D eigenvalue weighted by atomic mass is 79.9. The SMILES string of the molecule is Cc1nn(C)cc1CNC(=O)c1cc(Br)ccc1F. The molecule has 0 aliphatic rings. The second-order valence-corrected chi connectivity index (χ2v) is 5.14. The number of hydrogen-bond donors (Lipinski definition) is 1. The summed E-state index contributed by atoms with van der Waals surface area (Å²) in [6.07, 6.45) is 1.83. The molecule has 0 fully saturated rings. The van der Waals surface area contributed by atoms with Gasteiger partial charge in [-0.25, -0.2) is 4.39 Å². The second kappa shape index (κ2) is 5.52. The highest BCUT2D eigenvalue weighted by Crippen LogP contribution is 2.15. The molecule has 1 aromatic carbocycles. The highest BCUT2D eigenvalue weighted by Gasteiger charge is 2.12. The van der Waals surface area contributed by atoms with Crippen LogP contribution < -0.4 is 5.32 Å². The lowest BCUT2D eigenvalue weighted by Crippen LogP contribution is -2.24. The first-order valence-corrected chi connectivity index (χ1v) is 6.49. The molecule has 4 nitrogen and oxygen atoms in total. The molecular weight excluding hydrogens is 313 g/mol. The number of aryl methyl sites for hydroxylation is 2. The summed E-state index contributed by atoms with van der Waals surface area (Å²) in [7, 11) is 1.81. The van der Waals surface area contributed by atoms with Crippen molar-refractivity contribution in [1.82, 2.24) is 15.1 Å².